The molecule has 3 aliphatic heterocycles. The van der Waals surface area contributed by atoms with Gasteiger partial charge in [0.1, 0.15) is 17.2 Å². The van der Waals surface area contributed by atoms with Gasteiger partial charge in [0.2, 0.25) is 17.7 Å². The molecular weight excluding hydrogens is 484 g/mol. The monoisotopic (exact) mass is 505 g/mol. The van der Waals surface area contributed by atoms with E-state index in [4.69, 9.17) is 0 Å². The number of carbonyl (C=O) groups is 3. The summed E-state index contributed by atoms with van der Waals surface area (Å²) in [5.41, 5.74) is -0.00649. The third kappa shape index (κ3) is 3.40. The molecule has 188 valence electrons. The second-order valence-electron chi connectivity index (χ2n) is 9.62. The Morgan fingerprint density at radius 2 is 1.54 bits per heavy atom. The SMILES string of the molecule is O=C1C2C(Cc3ccc(O)c(O)c3)NC3(C(=O)Nc4ccc(F)cc43)C2C(=O)N1Cc1ccc(F)cc1. The minimum absolute atomic E-state index is 0.106. The van der Waals surface area contributed by atoms with E-state index >= 15 is 0 Å². The van der Waals surface area contributed by atoms with Gasteiger partial charge >= 0.3 is 0 Å². The summed E-state index contributed by atoms with van der Waals surface area (Å²) in [4.78, 5) is 42.1. The molecule has 6 rings (SSSR count). The number of phenols is 2. The van der Waals surface area contributed by atoms with Crippen LogP contribution in [0.4, 0.5) is 14.5 Å². The lowest BCUT2D eigenvalue weighted by Gasteiger charge is -2.29. The molecule has 0 radical (unpaired) electrons. The highest BCUT2D eigenvalue weighted by Gasteiger charge is 2.70. The zero-order valence-electron chi connectivity index (χ0n) is 19.2. The van der Waals surface area contributed by atoms with Crippen LogP contribution in [0.3, 0.4) is 0 Å². The van der Waals surface area contributed by atoms with Crippen molar-refractivity contribution in [2.45, 2.75) is 24.5 Å². The third-order valence-electron chi connectivity index (χ3n) is 7.52. The number of imide groups is 1. The number of likely N-dealkylation sites (tertiary alicyclic amines) is 1. The molecule has 2 fully saturated rings. The molecule has 4 N–H and O–H groups in total. The minimum atomic E-state index is -1.68. The molecule has 1 spiro atoms. The average molecular weight is 505 g/mol. The van der Waals surface area contributed by atoms with Gasteiger partial charge in [0.15, 0.2) is 11.5 Å². The van der Waals surface area contributed by atoms with Crippen molar-refractivity contribution in [3.63, 3.8) is 0 Å². The molecule has 3 aromatic rings. The fraction of sp³-hybridized carbons (Fsp3) is 0.222. The molecule has 3 aromatic carbocycles. The number of halogens is 2. The van der Waals surface area contributed by atoms with Gasteiger partial charge < -0.3 is 15.5 Å². The fourth-order valence-electron chi connectivity index (χ4n) is 5.89. The van der Waals surface area contributed by atoms with Crippen LogP contribution in [0.5, 0.6) is 11.5 Å². The second-order valence-corrected chi connectivity index (χ2v) is 9.62. The highest BCUT2D eigenvalue weighted by atomic mass is 19.1. The number of aromatic hydroxyl groups is 2. The summed E-state index contributed by atoms with van der Waals surface area (Å²) in [6, 6.07) is 12.7. The number of carbonyl (C=O) groups excluding carboxylic acids is 3. The molecule has 2 saturated heterocycles. The van der Waals surface area contributed by atoms with Gasteiger partial charge in [-0.25, -0.2) is 8.78 Å². The van der Waals surface area contributed by atoms with Crippen LogP contribution in [0.2, 0.25) is 0 Å². The van der Waals surface area contributed by atoms with E-state index in [9.17, 15) is 33.4 Å². The lowest BCUT2D eigenvalue weighted by molar-refractivity contribution is -0.143. The third-order valence-corrected chi connectivity index (χ3v) is 7.52. The van der Waals surface area contributed by atoms with E-state index in [1.165, 1.54) is 54.6 Å². The van der Waals surface area contributed by atoms with Gasteiger partial charge in [-0.1, -0.05) is 18.2 Å². The highest BCUT2D eigenvalue weighted by molar-refractivity contribution is 6.15. The van der Waals surface area contributed by atoms with Gasteiger partial charge in [0.05, 0.1) is 18.4 Å². The van der Waals surface area contributed by atoms with E-state index in [1.54, 1.807) is 6.07 Å². The molecule has 37 heavy (non-hydrogen) atoms. The van der Waals surface area contributed by atoms with E-state index < -0.39 is 52.8 Å². The first-order chi connectivity index (χ1) is 17.7. The summed E-state index contributed by atoms with van der Waals surface area (Å²) in [5, 5.41) is 25.5. The van der Waals surface area contributed by atoms with Crippen molar-refractivity contribution in [3.05, 3.63) is 89.0 Å². The van der Waals surface area contributed by atoms with Gasteiger partial charge in [-0.05, 0) is 60.0 Å². The number of phenolic OH excluding ortho intramolecular Hbond substituents is 2. The quantitative estimate of drug-likeness (QED) is 0.320. The van der Waals surface area contributed by atoms with Gasteiger partial charge in [-0.2, -0.15) is 0 Å². The number of hydrogen-bond donors (Lipinski definition) is 4. The first-order valence-electron chi connectivity index (χ1n) is 11.7. The van der Waals surface area contributed by atoms with Gasteiger partial charge in [0.25, 0.3) is 0 Å². The van der Waals surface area contributed by atoms with Crippen molar-refractivity contribution < 1.29 is 33.4 Å². The van der Waals surface area contributed by atoms with Crippen molar-refractivity contribution in [3.8, 4) is 11.5 Å². The first kappa shape index (κ1) is 23.1. The van der Waals surface area contributed by atoms with Crippen molar-refractivity contribution in [1.29, 1.82) is 0 Å². The number of amides is 3. The molecule has 3 aliphatic rings. The van der Waals surface area contributed by atoms with Crippen LogP contribution in [0.25, 0.3) is 0 Å². The summed E-state index contributed by atoms with van der Waals surface area (Å²) in [7, 11) is 0. The second kappa shape index (κ2) is 8.10. The minimum Gasteiger partial charge on any atom is -0.504 e. The highest BCUT2D eigenvalue weighted by Crippen LogP contribution is 2.53. The van der Waals surface area contributed by atoms with Crippen LogP contribution < -0.4 is 10.6 Å². The molecule has 0 aromatic heterocycles. The summed E-state index contributed by atoms with van der Waals surface area (Å²) < 4.78 is 27.8. The zero-order chi connectivity index (χ0) is 26.1. The Kier molecular flexibility index (Phi) is 5.06. The van der Waals surface area contributed by atoms with Crippen LogP contribution in [0.1, 0.15) is 16.7 Å². The summed E-state index contributed by atoms with van der Waals surface area (Å²) >= 11 is 0. The van der Waals surface area contributed by atoms with Gasteiger partial charge in [-0.3, -0.25) is 24.6 Å². The Balaban J connectivity index is 1.44. The number of hydrogen-bond acceptors (Lipinski definition) is 6. The lowest BCUT2D eigenvalue weighted by atomic mass is 9.76. The molecule has 3 heterocycles. The molecule has 3 amide bonds. The lowest BCUT2D eigenvalue weighted by Crippen LogP contribution is -2.53. The van der Waals surface area contributed by atoms with Crippen LogP contribution in [0.15, 0.2) is 60.7 Å². The number of nitrogens with zero attached hydrogens (tertiary/aromatic N) is 1. The van der Waals surface area contributed by atoms with Crippen LogP contribution in [-0.4, -0.2) is 38.9 Å². The van der Waals surface area contributed by atoms with E-state index in [0.29, 0.717) is 16.8 Å². The van der Waals surface area contributed by atoms with E-state index in [0.717, 1.165) is 4.90 Å². The topological polar surface area (TPSA) is 119 Å². The number of anilines is 1. The number of nitrogens with one attached hydrogen (secondary N) is 2. The standard InChI is InChI=1S/C27H21F2N3O5/c28-15-4-1-13(2-5-15)12-32-24(35)22-19(9-14-3-8-20(33)21(34)10-14)31-27(23(22)25(32)36)17-11-16(29)6-7-18(17)30-26(27)37/h1-8,10-11,19,22-23,31,33-34H,9,12H2,(H,30,37). The van der Waals surface area contributed by atoms with Crippen LogP contribution in [0, 0.1) is 23.5 Å². The van der Waals surface area contributed by atoms with Crippen LogP contribution >= 0.6 is 0 Å². The largest absolute Gasteiger partial charge is 0.504 e. The molecule has 0 saturated carbocycles. The number of fused-ring (bicyclic) bond motifs is 4. The van der Waals surface area contributed by atoms with E-state index in [-0.39, 0.29) is 30.0 Å². The van der Waals surface area contributed by atoms with E-state index in [1.807, 2.05) is 0 Å². The Labute approximate surface area is 209 Å². The first-order valence-corrected chi connectivity index (χ1v) is 11.7. The molecular formula is C27H21F2N3O5. The summed E-state index contributed by atoms with van der Waals surface area (Å²) in [5.74, 6) is -5.49. The van der Waals surface area contributed by atoms with Gasteiger partial charge in [-0.15, -0.1) is 0 Å². The fourth-order valence-corrected chi connectivity index (χ4v) is 5.89. The Morgan fingerprint density at radius 3 is 2.27 bits per heavy atom. The summed E-state index contributed by atoms with van der Waals surface area (Å²) in [6.07, 6.45) is 0.137. The maximum Gasteiger partial charge on any atom is 0.250 e. The molecule has 10 heteroatoms. The van der Waals surface area contributed by atoms with Crippen molar-refractivity contribution in [2.75, 3.05) is 5.32 Å². The predicted octanol–water partition coefficient (Wildman–Crippen LogP) is 2.54. The molecule has 4 atom stereocenters. The van der Waals surface area contributed by atoms with Crippen LogP contribution in [-0.2, 0) is 32.9 Å². The summed E-state index contributed by atoms with van der Waals surface area (Å²) in [6.45, 7) is -0.106. The molecule has 0 aliphatic carbocycles. The number of rotatable bonds is 4. The number of benzene rings is 3. The smallest absolute Gasteiger partial charge is 0.250 e. The normalized spacial score (nSPS) is 26.1. The van der Waals surface area contributed by atoms with Crippen molar-refractivity contribution in [2.24, 2.45) is 11.8 Å². The average Bonchev–Trinajstić information content (AvgIpc) is 3.43. The zero-order valence-corrected chi connectivity index (χ0v) is 19.2. The Hall–Kier alpha value is -4.31. The maximum atomic E-state index is 14.4. The van der Waals surface area contributed by atoms with E-state index in [2.05, 4.69) is 10.6 Å². The Morgan fingerprint density at radius 1 is 0.838 bits per heavy atom. The predicted molar refractivity (Wildman–Crippen MR) is 126 cm³/mol. The van der Waals surface area contributed by atoms with Gasteiger partial charge in [0, 0.05) is 17.3 Å². The van der Waals surface area contributed by atoms with Crippen molar-refractivity contribution in [1.82, 2.24) is 10.2 Å². The van der Waals surface area contributed by atoms with Crippen molar-refractivity contribution >= 4 is 23.4 Å². The maximum absolute atomic E-state index is 14.4. The Bertz CT molecular complexity index is 1480. The molecule has 4 unspecified atom stereocenters. The molecule has 8 nitrogen and oxygen atoms in total. The molecule has 0 bridgehead atoms.